The summed E-state index contributed by atoms with van der Waals surface area (Å²) in [6.45, 7) is 0. The Hall–Kier alpha value is -5.65. The smallest absolute Gasteiger partial charge is 0.164 e. The Bertz CT molecular complexity index is 2690. The second-order valence-electron chi connectivity index (χ2n) is 15.9. The fourth-order valence-corrected chi connectivity index (χ4v) is 10.9. The van der Waals surface area contributed by atoms with Crippen LogP contribution in [0.4, 0.5) is 5.69 Å². The SMILES string of the molecule is C1=CCC(c2nc(-c3cc(C4=CCCC=C4)ccc3-c3ccc4c5c(sc4c3)=CC3C(C=5)c4ccccc4N3C3CC=CCC3)nc(C3C=CC=CC3)n2)C=C1. The summed E-state index contributed by atoms with van der Waals surface area (Å²) in [5, 5.41) is 2.73. The van der Waals surface area contributed by atoms with E-state index in [1.54, 1.807) is 0 Å². The van der Waals surface area contributed by atoms with E-state index in [1.807, 2.05) is 11.3 Å². The maximum atomic E-state index is 5.30. The fraction of sp³-hybridized carbons (Fsp3) is 0.235. The number of nitrogens with zero attached hydrogens (tertiary/aromatic N) is 4. The van der Waals surface area contributed by atoms with E-state index in [9.17, 15) is 0 Å². The number of aromatic nitrogens is 3. The molecule has 0 saturated heterocycles. The molecule has 0 spiro atoms. The highest BCUT2D eigenvalue weighted by molar-refractivity contribution is 7.17. The summed E-state index contributed by atoms with van der Waals surface area (Å²) >= 11 is 1.94. The summed E-state index contributed by atoms with van der Waals surface area (Å²) in [5.74, 6) is 3.05. The molecule has 0 N–H and O–H groups in total. The van der Waals surface area contributed by atoms with E-state index in [4.69, 9.17) is 15.0 Å². The number of anilines is 1. The minimum atomic E-state index is 0.123. The van der Waals surface area contributed by atoms with Crippen LogP contribution in [0.25, 0.3) is 50.3 Å². The van der Waals surface area contributed by atoms with Gasteiger partial charge in [0.05, 0.1) is 6.04 Å². The summed E-state index contributed by atoms with van der Waals surface area (Å²) in [4.78, 5) is 18.5. The Balaban J connectivity index is 1.05. The molecule has 1 aliphatic heterocycles. The second-order valence-corrected chi connectivity index (χ2v) is 17.0. The molecule has 5 aliphatic carbocycles. The van der Waals surface area contributed by atoms with Gasteiger partial charge in [-0.25, -0.2) is 15.0 Å². The molecular formula is C51H44N4S. The van der Waals surface area contributed by atoms with Gasteiger partial charge in [-0.15, -0.1) is 11.3 Å². The van der Waals surface area contributed by atoms with Gasteiger partial charge in [-0.1, -0.05) is 128 Å². The van der Waals surface area contributed by atoms with Crippen molar-refractivity contribution < 1.29 is 0 Å². The number of fused-ring (bicyclic) bond motifs is 6. The van der Waals surface area contributed by atoms with Crippen LogP contribution in [0.5, 0.6) is 0 Å². The maximum absolute atomic E-state index is 5.30. The minimum Gasteiger partial charge on any atom is -0.361 e. The van der Waals surface area contributed by atoms with Crippen LogP contribution in [0.2, 0.25) is 0 Å². The molecule has 0 amide bonds. The van der Waals surface area contributed by atoms with Gasteiger partial charge in [-0.3, -0.25) is 0 Å². The number of para-hydroxylation sites is 1. The average molecular weight is 745 g/mol. The highest BCUT2D eigenvalue weighted by Crippen LogP contribution is 2.46. The molecule has 5 aromatic rings. The third kappa shape index (κ3) is 5.92. The number of benzene rings is 3. The van der Waals surface area contributed by atoms with Gasteiger partial charge in [0.2, 0.25) is 0 Å². The molecule has 56 heavy (non-hydrogen) atoms. The first-order chi connectivity index (χ1) is 27.7. The molecular weight excluding hydrogens is 701 g/mol. The minimum absolute atomic E-state index is 0.123. The molecule has 0 radical (unpaired) electrons. The van der Waals surface area contributed by atoms with Crippen molar-refractivity contribution in [2.75, 3.05) is 4.90 Å². The van der Waals surface area contributed by atoms with Crippen LogP contribution in [0.15, 0.2) is 140 Å². The van der Waals surface area contributed by atoms with Gasteiger partial charge in [0.1, 0.15) is 11.6 Å². The van der Waals surface area contributed by atoms with Crippen molar-refractivity contribution in [3.63, 3.8) is 0 Å². The molecule has 4 nitrogen and oxygen atoms in total. The van der Waals surface area contributed by atoms with Crippen molar-refractivity contribution in [2.45, 2.75) is 74.8 Å². The molecule has 11 rings (SSSR count). The predicted octanol–water partition coefficient (Wildman–Crippen LogP) is 11.0. The molecule has 5 heteroatoms. The number of rotatable bonds is 6. The lowest BCUT2D eigenvalue weighted by Crippen LogP contribution is -2.44. The van der Waals surface area contributed by atoms with Gasteiger partial charge < -0.3 is 4.90 Å². The van der Waals surface area contributed by atoms with Crippen molar-refractivity contribution in [3.8, 4) is 22.5 Å². The first-order valence-corrected chi connectivity index (χ1v) is 21.3. The van der Waals surface area contributed by atoms with E-state index >= 15 is 0 Å². The first-order valence-electron chi connectivity index (χ1n) is 20.5. The van der Waals surface area contributed by atoms with Crippen molar-refractivity contribution >= 4 is 44.8 Å². The molecule has 0 bridgehead atoms. The number of allylic oxidation sites excluding steroid dienone is 13. The Morgan fingerprint density at radius 1 is 0.661 bits per heavy atom. The van der Waals surface area contributed by atoms with Crippen molar-refractivity contribution in [2.24, 2.45) is 0 Å². The van der Waals surface area contributed by atoms with Gasteiger partial charge in [-0.2, -0.15) is 0 Å². The van der Waals surface area contributed by atoms with E-state index in [-0.39, 0.29) is 11.8 Å². The summed E-state index contributed by atoms with van der Waals surface area (Å²) in [6.07, 6.45) is 41.6. The summed E-state index contributed by atoms with van der Waals surface area (Å²) in [6, 6.07) is 24.0. The zero-order valence-corrected chi connectivity index (χ0v) is 32.3. The Labute approximate surface area is 332 Å². The van der Waals surface area contributed by atoms with Gasteiger partial charge in [0.15, 0.2) is 5.82 Å². The standard InChI is InChI=1S/C51H44N4S/c1-5-15-33(16-6-1)36-25-27-39(44(29-36)51-53-49(34-17-7-2-8-18-34)52-50(54-51)35-19-9-3-10-20-35)37-26-28-41-43-31-42-40-23-13-14-24-45(40)55(38-21-11-4-12-22-38)46(42)32-48(43)56-47(41)30-37/h2-5,7-11,13-17,19,23-32,34-35,38,42,46H,1,6,12,18,20-22H2. The number of hydrogen-bond acceptors (Lipinski definition) is 5. The van der Waals surface area contributed by atoms with Crippen LogP contribution in [0.3, 0.4) is 0 Å². The highest BCUT2D eigenvalue weighted by atomic mass is 32.1. The molecule has 0 saturated carbocycles. The Morgan fingerprint density at radius 2 is 1.48 bits per heavy atom. The van der Waals surface area contributed by atoms with E-state index in [2.05, 4.69) is 157 Å². The van der Waals surface area contributed by atoms with Crippen LogP contribution in [-0.4, -0.2) is 27.0 Å². The van der Waals surface area contributed by atoms with Gasteiger partial charge in [0, 0.05) is 49.7 Å². The largest absolute Gasteiger partial charge is 0.361 e. The number of thiophene rings is 1. The summed E-state index contributed by atoms with van der Waals surface area (Å²) in [7, 11) is 0. The number of hydrogen-bond donors (Lipinski definition) is 0. The van der Waals surface area contributed by atoms with Crippen LogP contribution < -0.4 is 14.7 Å². The quantitative estimate of drug-likeness (QED) is 0.162. The van der Waals surface area contributed by atoms with E-state index < -0.39 is 0 Å². The molecule has 2 aromatic heterocycles. The van der Waals surface area contributed by atoms with Crippen molar-refractivity contribution in [1.29, 1.82) is 0 Å². The molecule has 6 aliphatic rings. The van der Waals surface area contributed by atoms with Crippen LogP contribution in [0.1, 0.15) is 85.5 Å². The lowest BCUT2D eigenvalue weighted by Gasteiger charge is -2.37. The first kappa shape index (κ1) is 33.7. The monoisotopic (exact) mass is 744 g/mol. The molecule has 5 unspecified atom stereocenters. The summed E-state index contributed by atoms with van der Waals surface area (Å²) in [5.41, 5.74) is 8.75. The van der Waals surface area contributed by atoms with Gasteiger partial charge in [0.25, 0.3) is 0 Å². The fourth-order valence-electron chi connectivity index (χ4n) is 9.69. The van der Waals surface area contributed by atoms with Gasteiger partial charge >= 0.3 is 0 Å². The zero-order chi connectivity index (χ0) is 37.0. The lowest BCUT2D eigenvalue weighted by molar-refractivity contribution is 0.525. The topological polar surface area (TPSA) is 41.9 Å². The molecule has 3 aromatic carbocycles. The van der Waals surface area contributed by atoms with E-state index in [1.165, 1.54) is 54.2 Å². The zero-order valence-electron chi connectivity index (χ0n) is 31.5. The van der Waals surface area contributed by atoms with E-state index in [0.29, 0.717) is 18.0 Å². The molecule has 5 atom stereocenters. The highest BCUT2D eigenvalue weighted by Gasteiger charge is 2.40. The maximum Gasteiger partial charge on any atom is 0.164 e. The summed E-state index contributed by atoms with van der Waals surface area (Å²) < 4.78 is 2.72. The van der Waals surface area contributed by atoms with Crippen LogP contribution in [0, 0.1) is 0 Å². The van der Waals surface area contributed by atoms with E-state index in [0.717, 1.165) is 67.1 Å². The third-order valence-corrected chi connectivity index (χ3v) is 13.7. The predicted molar refractivity (Wildman–Crippen MR) is 234 cm³/mol. The van der Waals surface area contributed by atoms with Crippen molar-refractivity contribution in [3.05, 3.63) is 172 Å². The van der Waals surface area contributed by atoms with Crippen molar-refractivity contribution in [1.82, 2.24) is 15.0 Å². The van der Waals surface area contributed by atoms with Crippen LogP contribution in [-0.2, 0) is 0 Å². The molecule has 0 fully saturated rings. The molecule has 274 valence electrons. The normalized spacial score (nSPS) is 24.4. The van der Waals surface area contributed by atoms with Crippen LogP contribution >= 0.6 is 11.3 Å². The average Bonchev–Trinajstić information content (AvgIpc) is 3.80. The van der Waals surface area contributed by atoms with Gasteiger partial charge in [-0.05, 0) is 102 Å². The third-order valence-electron chi connectivity index (χ3n) is 12.5. The lowest BCUT2D eigenvalue weighted by atomic mass is 9.89. The Morgan fingerprint density at radius 3 is 2.23 bits per heavy atom. The molecule has 3 heterocycles. The second kappa shape index (κ2) is 14.1. The Kier molecular flexibility index (Phi) is 8.50.